The molecule has 0 saturated carbocycles. The molecule has 0 heterocycles. The van der Waals surface area contributed by atoms with Gasteiger partial charge in [-0.1, -0.05) is 0 Å². The second-order valence-electron chi connectivity index (χ2n) is 4.56. The van der Waals surface area contributed by atoms with Crippen molar-refractivity contribution in [1.82, 2.24) is 0 Å². The van der Waals surface area contributed by atoms with Gasteiger partial charge in [-0.3, -0.25) is 5.87 Å². The molecule has 2 N–H and O–H groups in total. The number of allylic oxidation sites excluding steroid dienone is 3. The van der Waals surface area contributed by atoms with Gasteiger partial charge in [0.2, 0.25) is 0 Å². The van der Waals surface area contributed by atoms with Gasteiger partial charge in [-0.05, 0) is 23.8 Å². The van der Waals surface area contributed by atoms with Gasteiger partial charge < -0.3 is 24.9 Å². The Labute approximate surface area is 162 Å². The SMILES string of the molecule is COC(=O)C(=C=[N-])C=C(/C=C(/C#N)C(=O)OC)/C=C(/C#N)C(=O)OC.C[NH2+]C. The van der Waals surface area contributed by atoms with Gasteiger partial charge in [-0.15, -0.1) is 0 Å². The highest BCUT2D eigenvalue weighted by atomic mass is 16.5. The fourth-order valence-electron chi connectivity index (χ4n) is 1.37. The summed E-state index contributed by atoms with van der Waals surface area (Å²) in [5, 5.41) is 28.9. The molecule has 0 aliphatic carbocycles. The van der Waals surface area contributed by atoms with E-state index in [1.165, 1.54) is 0 Å². The first-order valence-electron chi connectivity index (χ1n) is 7.51. The van der Waals surface area contributed by atoms with Crippen LogP contribution in [0.3, 0.4) is 0 Å². The first-order valence-corrected chi connectivity index (χ1v) is 7.51. The third-order valence-corrected chi connectivity index (χ3v) is 2.51. The molecule has 10 nitrogen and oxygen atoms in total. The van der Waals surface area contributed by atoms with Crippen LogP contribution in [0.15, 0.2) is 40.5 Å². The Morgan fingerprint density at radius 1 is 0.821 bits per heavy atom. The Morgan fingerprint density at radius 2 is 1.18 bits per heavy atom. The number of nitriles is 2. The molecule has 0 unspecified atom stereocenters. The molecule has 0 saturated heterocycles. The molecule has 10 heteroatoms. The molecule has 148 valence electrons. The van der Waals surface area contributed by atoms with Gasteiger partial charge in [-0.25, -0.2) is 14.4 Å². The minimum Gasteiger partial charge on any atom is -0.763 e. The first-order chi connectivity index (χ1) is 13.3. The van der Waals surface area contributed by atoms with Crippen LogP contribution >= 0.6 is 0 Å². The molecular weight excluding hydrogens is 368 g/mol. The van der Waals surface area contributed by atoms with Crippen LogP contribution in [0, 0.1) is 22.7 Å². The van der Waals surface area contributed by atoms with E-state index in [1.54, 1.807) is 18.0 Å². The zero-order valence-corrected chi connectivity index (χ0v) is 16.1. The number of nitrogens with two attached hydrogens (primary N) is 1. The second kappa shape index (κ2) is 15.3. The summed E-state index contributed by atoms with van der Waals surface area (Å²) in [6.45, 7) is 0. The van der Waals surface area contributed by atoms with Crippen LogP contribution in [0.5, 0.6) is 0 Å². The lowest BCUT2D eigenvalue weighted by Gasteiger charge is -2.03. The summed E-state index contributed by atoms with van der Waals surface area (Å²) in [7, 11) is 7.13. The standard InChI is InChI=1S/C16H12N3O6.C2H7N/c1-23-14(20)11(7-17)4-10(5-12(8-18)15(21)24-2)6-13(9-19)16(22)25-3;1-3-2/h4-6H,1-3H3;3H,1-2H3/q-1;/p+1/b11-4-,12-5-;. The van der Waals surface area contributed by atoms with Crippen LogP contribution < -0.4 is 5.32 Å². The van der Waals surface area contributed by atoms with Crippen LogP contribution in [-0.2, 0) is 28.6 Å². The zero-order chi connectivity index (χ0) is 22.1. The van der Waals surface area contributed by atoms with E-state index in [2.05, 4.69) is 14.2 Å². The third kappa shape index (κ3) is 9.49. The van der Waals surface area contributed by atoms with Crippen LogP contribution in [0.1, 0.15) is 0 Å². The number of carbonyl (C=O) groups is 3. The normalized spacial score (nSPS) is 9.82. The summed E-state index contributed by atoms with van der Waals surface area (Å²) in [4.78, 5) is 34.5. The summed E-state index contributed by atoms with van der Waals surface area (Å²) < 4.78 is 13.2. The van der Waals surface area contributed by atoms with Crippen molar-refractivity contribution < 1.29 is 33.9 Å². The van der Waals surface area contributed by atoms with Crippen molar-refractivity contribution in [2.75, 3.05) is 35.4 Å². The molecule has 0 spiro atoms. The summed E-state index contributed by atoms with van der Waals surface area (Å²) in [6.07, 6.45) is 2.81. The fraction of sp³-hybridized carbons (Fsp3) is 0.278. The van der Waals surface area contributed by atoms with Crippen molar-refractivity contribution in [1.29, 1.82) is 10.5 Å². The van der Waals surface area contributed by atoms with E-state index in [0.717, 1.165) is 39.6 Å². The molecule has 0 aromatic carbocycles. The van der Waals surface area contributed by atoms with E-state index in [-0.39, 0.29) is 5.57 Å². The zero-order valence-electron chi connectivity index (χ0n) is 16.1. The predicted octanol–water partition coefficient (Wildman–Crippen LogP) is -0.693. The van der Waals surface area contributed by atoms with Gasteiger partial charge in [-0.2, -0.15) is 10.5 Å². The molecule has 0 aliphatic rings. The fourth-order valence-corrected chi connectivity index (χ4v) is 1.37. The maximum absolute atomic E-state index is 11.5. The van der Waals surface area contributed by atoms with E-state index < -0.39 is 34.6 Å². The van der Waals surface area contributed by atoms with E-state index >= 15 is 0 Å². The Balaban J connectivity index is 0. The summed E-state index contributed by atoms with van der Waals surface area (Å²) in [5.74, 6) is -1.41. The van der Waals surface area contributed by atoms with Gasteiger partial charge in [0.25, 0.3) is 0 Å². The van der Waals surface area contributed by atoms with E-state index in [0.29, 0.717) is 0 Å². The van der Waals surface area contributed by atoms with Crippen molar-refractivity contribution in [2.45, 2.75) is 0 Å². The Bertz CT molecular complexity index is 772. The summed E-state index contributed by atoms with van der Waals surface area (Å²) in [5.41, 5.74) is -1.62. The van der Waals surface area contributed by atoms with Gasteiger partial charge in [0.05, 0.1) is 41.0 Å². The quantitative estimate of drug-likeness (QED) is 0.156. The molecule has 0 atom stereocenters. The number of hydrogen-bond donors (Lipinski definition) is 1. The average molecular weight is 388 g/mol. The molecule has 0 amide bonds. The number of quaternary nitrogens is 1. The van der Waals surface area contributed by atoms with Crippen molar-refractivity contribution in [3.63, 3.8) is 0 Å². The number of rotatable bonds is 6. The number of methoxy groups -OCH3 is 3. The highest BCUT2D eigenvalue weighted by molar-refractivity contribution is 6.02. The highest BCUT2D eigenvalue weighted by Gasteiger charge is 2.14. The molecular formula is C18H20N4O6. The third-order valence-electron chi connectivity index (χ3n) is 2.51. The van der Waals surface area contributed by atoms with Gasteiger partial charge >= 0.3 is 17.9 Å². The highest BCUT2D eigenvalue weighted by Crippen LogP contribution is 2.13. The lowest BCUT2D eigenvalue weighted by atomic mass is 10.1. The van der Waals surface area contributed by atoms with Crippen LogP contribution in [0.4, 0.5) is 0 Å². The molecule has 28 heavy (non-hydrogen) atoms. The molecule has 0 bridgehead atoms. The number of nitrogens with zero attached hydrogens (tertiary/aromatic N) is 3. The molecule has 0 radical (unpaired) electrons. The van der Waals surface area contributed by atoms with Gasteiger partial charge in [0.15, 0.2) is 0 Å². The van der Waals surface area contributed by atoms with Crippen LogP contribution in [0.2, 0.25) is 0 Å². The van der Waals surface area contributed by atoms with Crippen molar-refractivity contribution in [2.24, 2.45) is 0 Å². The molecule has 0 aromatic heterocycles. The van der Waals surface area contributed by atoms with Crippen LogP contribution in [-0.4, -0.2) is 59.2 Å². The second-order valence-corrected chi connectivity index (χ2v) is 4.56. The summed E-state index contributed by atoms with van der Waals surface area (Å²) in [6, 6.07) is 3.12. The van der Waals surface area contributed by atoms with Crippen molar-refractivity contribution >= 4 is 23.8 Å². The number of esters is 3. The minimum atomic E-state index is -0.991. The average Bonchev–Trinajstić information content (AvgIpc) is 2.71. The lowest BCUT2D eigenvalue weighted by molar-refractivity contribution is -0.597. The van der Waals surface area contributed by atoms with Crippen molar-refractivity contribution in [3.8, 4) is 12.1 Å². The van der Waals surface area contributed by atoms with Gasteiger partial charge in [0.1, 0.15) is 23.3 Å². The molecule has 0 fully saturated rings. The van der Waals surface area contributed by atoms with E-state index in [4.69, 9.17) is 15.9 Å². The van der Waals surface area contributed by atoms with E-state index in [9.17, 15) is 14.4 Å². The van der Waals surface area contributed by atoms with E-state index in [1.807, 2.05) is 19.4 Å². The molecule has 0 aromatic rings. The van der Waals surface area contributed by atoms with Crippen molar-refractivity contribution in [3.05, 3.63) is 45.9 Å². The summed E-state index contributed by atoms with van der Waals surface area (Å²) >= 11 is 0. The minimum absolute atomic E-state index is 0.147. The number of carbonyl (C=O) groups excluding carboxylic acids is 3. The molecule has 0 aliphatic heterocycles. The Morgan fingerprint density at radius 3 is 1.43 bits per heavy atom. The van der Waals surface area contributed by atoms with Gasteiger partial charge in [0, 0.05) is 0 Å². The number of hydrogen-bond acceptors (Lipinski definition) is 8. The number of ether oxygens (including phenoxy) is 3. The lowest BCUT2D eigenvalue weighted by Crippen LogP contribution is -2.74. The monoisotopic (exact) mass is 388 g/mol. The Kier molecular flexibility index (Phi) is 14.3. The Hall–Kier alpha value is -3.98. The maximum atomic E-state index is 11.5. The maximum Gasteiger partial charge on any atom is 0.348 e. The largest absolute Gasteiger partial charge is 0.763 e. The smallest absolute Gasteiger partial charge is 0.348 e. The predicted molar refractivity (Wildman–Crippen MR) is 97.2 cm³/mol. The topological polar surface area (TPSA) is 165 Å². The molecule has 0 rings (SSSR count). The van der Waals surface area contributed by atoms with Crippen LogP contribution in [0.25, 0.3) is 5.41 Å². The first kappa shape index (κ1) is 26.3.